The number of halogens is 7. The van der Waals surface area contributed by atoms with E-state index in [2.05, 4.69) is 85.8 Å². The maximum atomic E-state index is 9.87. The Labute approximate surface area is 157 Å². The van der Waals surface area contributed by atoms with Gasteiger partial charge in [-0.1, -0.05) is 50.2 Å². The molecule has 8 heteroatoms. The Bertz CT molecular complexity index is 712. The van der Waals surface area contributed by atoms with Crippen molar-refractivity contribution in [2.75, 3.05) is 0 Å². The molecule has 1 unspecified atom stereocenters. The molecule has 25 heavy (non-hydrogen) atoms. The fraction of sp³-hybridized carbons (Fsp3) is 0.294. The van der Waals surface area contributed by atoms with Crippen LogP contribution in [0.15, 0.2) is 42.5 Å². The van der Waals surface area contributed by atoms with Gasteiger partial charge in [0.25, 0.3) is 22.6 Å². The van der Waals surface area contributed by atoms with Crippen molar-refractivity contribution in [2.45, 2.75) is 33.1 Å². The van der Waals surface area contributed by atoms with E-state index in [-0.39, 0.29) is 0 Å². The molecule has 0 bridgehead atoms. The summed E-state index contributed by atoms with van der Waals surface area (Å²) in [5, 5.41) is 0. The van der Waals surface area contributed by atoms with Crippen LogP contribution in [0, 0.1) is 10.5 Å². The summed E-state index contributed by atoms with van der Waals surface area (Å²) in [6.45, 7) is 6.70. The van der Waals surface area contributed by atoms with Crippen LogP contribution in [-0.4, -0.2) is 0 Å². The summed E-state index contributed by atoms with van der Waals surface area (Å²) in [5.74, 6) is 0.651. The van der Waals surface area contributed by atoms with Gasteiger partial charge in [-0.3, -0.25) is 0 Å². The van der Waals surface area contributed by atoms with Gasteiger partial charge in [0.15, 0.2) is 3.57 Å². The molecular formula is C17H20F6IP. The van der Waals surface area contributed by atoms with E-state index in [4.69, 9.17) is 0 Å². The van der Waals surface area contributed by atoms with Crippen molar-refractivity contribution in [2.24, 2.45) is 0 Å². The topological polar surface area (TPSA) is 0 Å². The third kappa shape index (κ3) is 9.45. The van der Waals surface area contributed by atoms with Crippen molar-refractivity contribution in [1.82, 2.24) is 0 Å². The summed E-state index contributed by atoms with van der Waals surface area (Å²) in [4.78, 5) is 0. The van der Waals surface area contributed by atoms with E-state index in [1.807, 2.05) is 0 Å². The van der Waals surface area contributed by atoms with E-state index in [1.54, 1.807) is 0 Å². The van der Waals surface area contributed by atoms with Crippen LogP contribution >= 0.6 is 7.81 Å². The first kappa shape index (κ1) is 22.2. The van der Waals surface area contributed by atoms with Crippen molar-refractivity contribution in [1.29, 1.82) is 0 Å². The first-order valence-corrected chi connectivity index (χ1v) is 10.7. The van der Waals surface area contributed by atoms with E-state index in [1.165, 1.54) is 32.2 Å². The summed E-state index contributed by atoms with van der Waals surface area (Å²) in [6, 6.07) is 15.6. The quantitative estimate of drug-likeness (QED) is 0.319. The van der Waals surface area contributed by atoms with E-state index in [0.717, 1.165) is 0 Å². The Balaban J connectivity index is 0.000000381. The van der Waals surface area contributed by atoms with E-state index < -0.39 is 7.81 Å². The number of benzene rings is 2. The number of hydrogen-bond acceptors (Lipinski definition) is 0. The van der Waals surface area contributed by atoms with Gasteiger partial charge in [-0.2, -0.15) is 0 Å². The van der Waals surface area contributed by atoms with Gasteiger partial charge in [0.1, 0.15) is 0 Å². The molecule has 0 radical (unpaired) electrons. The monoisotopic (exact) mass is 496 g/mol. The predicted molar refractivity (Wildman–Crippen MR) is 89.0 cm³/mol. The van der Waals surface area contributed by atoms with Gasteiger partial charge >= 0.3 is 33.0 Å². The van der Waals surface area contributed by atoms with Crippen molar-refractivity contribution >= 4 is 7.81 Å². The zero-order valence-corrected chi connectivity index (χ0v) is 17.2. The Hall–Kier alpha value is -0.820. The Morgan fingerprint density at radius 2 is 1.40 bits per heavy atom. The third-order valence-corrected chi connectivity index (χ3v) is 5.16. The molecule has 0 amide bonds. The summed E-state index contributed by atoms with van der Waals surface area (Å²) >= 11 is 2.12. The molecule has 0 spiro atoms. The number of rotatable bonds is 3. The molecule has 0 fully saturated rings. The van der Waals surface area contributed by atoms with E-state index in [9.17, 15) is 25.2 Å². The Morgan fingerprint density at radius 1 is 0.920 bits per heavy atom. The van der Waals surface area contributed by atoms with Gasteiger partial charge in [0.2, 0.25) is 0 Å². The first-order valence-electron chi connectivity index (χ1n) is 7.52. The minimum atomic E-state index is -10.7. The van der Waals surface area contributed by atoms with Gasteiger partial charge in [-0.05, 0) is 36.5 Å². The SMILES string of the molecule is CCC(C)c1ccc(-c2cccc(C)c2[IH+])cc1.F[P-](F)(F)(F)(F)F. The molecule has 142 valence electrons. The molecule has 0 heterocycles. The normalized spacial score (nSPS) is 15.4. The number of hydrogen-bond donors (Lipinski definition) is 0. The molecule has 0 aromatic heterocycles. The summed E-state index contributed by atoms with van der Waals surface area (Å²) < 4.78 is 60.6. The minimum absolute atomic E-state index is 0.651. The molecule has 0 N–H and O–H groups in total. The second kappa shape index (κ2) is 7.06. The van der Waals surface area contributed by atoms with Crippen LogP contribution in [0.25, 0.3) is 11.1 Å². The average molecular weight is 496 g/mol. The second-order valence-electron chi connectivity index (χ2n) is 5.84. The van der Waals surface area contributed by atoms with Gasteiger partial charge in [0.05, 0.1) is 0 Å². The second-order valence-corrected chi connectivity index (χ2v) is 8.92. The average Bonchev–Trinajstić information content (AvgIpc) is 2.46. The molecule has 0 nitrogen and oxygen atoms in total. The predicted octanol–water partition coefficient (Wildman–Crippen LogP) is 5.01. The zero-order chi connectivity index (χ0) is 19.5. The van der Waals surface area contributed by atoms with Gasteiger partial charge in [-0.25, -0.2) is 0 Å². The van der Waals surface area contributed by atoms with Crippen LogP contribution in [0.4, 0.5) is 25.2 Å². The molecular weight excluding hydrogens is 476 g/mol. The molecule has 0 aliphatic carbocycles. The molecule has 0 saturated heterocycles. The third-order valence-electron chi connectivity index (χ3n) is 3.61. The fourth-order valence-electron chi connectivity index (χ4n) is 2.11. The molecule has 2 aromatic carbocycles. The maximum absolute atomic E-state index is 10.7. The van der Waals surface area contributed by atoms with Crippen LogP contribution in [0.5, 0.6) is 0 Å². The van der Waals surface area contributed by atoms with Crippen molar-refractivity contribution in [3.8, 4) is 11.1 Å². The molecule has 0 aliphatic rings. The summed E-state index contributed by atoms with van der Waals surface area (Å²) in [6.07, 6.45) is 1.20. The van der Waals surface area contributed by atoms with E-state index >= 15 is 0 Å². The van der Waals surface area contributed by atoms with E-state index in [0.29, 0.717) is 5.92 Å². The summed E-state index contributed by atoms with van der Waals surface area (Å²) in [5.41, 5.74) is 5.48. The molecule has 2 rings (SSSR count). The van der Waals surface area contributed by atoms with Crippen molar-refractivity contribution < 1.29 is 47.8 Å². The zero-order valence-electron chi connectivity index (χ0n) is 13.9. The van der Waals surface area contributed by atoms with Crippen LogP contribution in [0.1, 0.15) is 37.3 Å². The van der Waals surface area contributed by atoms with Crippen LogP contribution in [-0.2, 0) is 0 Å². The van der Waals surface area contributed by atoms with Crippen LogP contribution < -0.4 is 22.6 Å². The van der Waals surface area contributed by atoms with Gasteiger partial charge in [0, 0.05) is 11.1 Å². The van der Waals surface area contributed by atoms with Crippen molar-refractivity contribution in [3.05, 3.63) is 57.2 Å². The van der Waals surface area contributed by atoms with Crippen molar-refractivity contribution in [3.63, 3.8) is 0 Å². The molecule has 0 aliphatic heterocycles. The van der Waals surface area contributed by atoms with Gasteiger partial charge in [-0.15, -0.1) is 0 Å². The summed E-state index contributed by atoms with van der Waals surface area (Å²) in [7, 11) is -10.7. The van der Waals surface area contributed by atoms with Gasteiger partial charge < -0.3 is 0 Å². The van der Waals surface area contributed by atoms with Crippen LogP contribution in [0.3, 0.4) is 0 Å². The fourth-order valence-corrected chi connectivity index (χ4v) is 2.83. The molecule has 1 atom stereocenters. The Morgan fingerprint density at radius 3 is 1.84 bits per heavy atom. The standard InChI is InChI=1S/C17H20I.F6P/c1-4-12(2)14-8-10-15(11-9-14)16-7-5-6-13(3)17(16)18;1-7(2,3,4,5)6/h5-12,18H,4H2,1-3H3;/q+1;-1. The van der Waals surface area contributed by atoms with Crippen LogP contribution in [0.2, 0.25) is 0 Å². The first-order chi connectivity index (χ1) is 11.1. The number of aryl methyl sites for hydroxylation is 1. The molecule has 2 aromatic rings. The molecule has 0 saturated carbocycles. The Kier molecular flexibility index (Phi) is 6.28.